The lowest BCUT2D eigenvalue weighted by atomic mass is 10.5. The predicted octanol–water partition coefficient (Wildman–Crippen LogP) is 0.722. The monoisotopic (exact) mass is 174 g/mol. The van der Waals surface area contributed by atoms with E-state index in [0.29, 0.717) is 16.7 Å². The van der Waals surface area contributed by atoms with Crippen molar-refractivity contribution in [1.29, 1.82) is 0 Å². The summed E-state index contributed by atoms with van der Waals surface area (Å²) in [6, 6.07) is 0. The van der Waals surface area contributed by atoms with Gasteiger partial charge in [-0.2, -0.15) is 5.10 Å². The Balaban J connectivity index is 3.19. The third kappa shape index (κ3) is 1.26. The van der Waals surface area contributed by atoms with Crippen molar-refractivity contribution in [3.63, 3.8) is 0 Å². The molecule has 0 bridgehead atoms. The van der Waals surface area contributed by atoms with Gasteiger partial charge in [-0.3, -0.25) is 0 Å². The zero-order valence-corrected chi connectivity index (χ0v) is 7.55. The molecule has 2 N–H and O–H groups in total. The highest BCUT2D eigenvalue weighted by atomic mass is 35.5. The van der Waals surface area contributed by atoms with Gasteiger partial charge in [0.15, 0.2) is 5.82 Å². The van der Waals surface area contributed by atoms with Crippen molar-refractivity contribution < 1.29 is 0 Å². The fourth-order valence-electron chi connectivity index (χ4n) is 0.782. The second kappa shape index (κ2) is 2.62. The molecule has 1 rings (SSSR count). The van der Waals surface area contributed by atoms with Crippen LogP contribution in [0.2, 0.25) is 5.02 Å². The molecular formula is C6H11ClN4. The lowest BCUT2D eigenvalue weighted by Gasteiger charge is -2.06. The van der Waals surface area contributed by atoms with Crippen molar-refractivity contribution in [2.45, 2.75) is 0 Å². The van der Waals surface area contributed by atoms with E-state index in [1.165, 1.54) is 0 Å². The first-order chi connectivity index (χ1) is 5.04. The van der Waals surface area contributed by atoms with Crippen LogP contribution in [-0.4, -0.2) is 23.9 Å². The summed E-state index contributed by atoms with van der Waals surface area (Å²) in [4.78, 5) is 1.82. The van der Waals surface area contributed by atoms with Crippen LogP contribution in [0, 0.1) is 0 Å². The molecule has 0 radical (unpaired) electrons. The van der Waals surface area contributed by atoms with Crippen LogP contribution in [0.4, 0.5) is 11.6 Å². The lowest BCUT2D eigenvalue weighted by molar-refractivity contribution is 0.773. The maximum absolute atomic E-state index is 5.86. The number of anilines is 2. The van der Waals surface area contributed by atoms with Gasteiger partial charge in [0.25, 0.3) is 0 Å². The molecule has 0 atom stereocenters. The number of nitrogen functional groups attached to an aromatic ring is 1. The Kier molecular flexibility index (Phi) is 1.95. The minimum Gasteiger partial charge on any atom is -0.383 e. The van der Waals surface area contributed by atoms with Gasteiger partial charge >= 0.3 is 0 Å². The number of rotatable bonds is 1. The summed E-state index contributed by atoms with van der Waals surface area (Å²) in [5.74, 6) is 1.20. The maximum atomic E-state index is 5.86. The van der Waals surface area contributed by atoms with E-state index in [0.717, 1.165) is 0 Å². The predicted molar refractivity (Wildman–Crippen MR) is 47.0 cm³/mol. The first-order valence-electron chi connectivity index (χ1n) is 3.19. The molecule has 0 amide bonds. The van der Waals surface area contributed by atoms with Gasteiger partial charge in [0, 0.05) is 21.1 Å². The smallest absolute Gasteiger partial charge is 0.171 e. The summed E-state index contributed by atoms with van der Waals surface area (Å²) in [6.07, 6.45) is 0. The fourth-order valence-corrected chi connectivity index (χ4v) is 1.11. The molecule has 1 heterocycles. The van der Waals surface area contributed by atoms with Gasteiger partial charge in [0.05, 0.1) is 0 Å². The second-order valence-electron chi connectivity index (χ2n) is 2.54. The number of aryl methyl sites for hydroxylation is 1. The third-order valence-electron chi connectivity index (χ3n) is 1.44. The van der Waals surface area contributed by atoms with E-state index in [9.17, 15) is 0 Å². The van der Waals surface area contributed by atoms with Gasteiger partial charge in [-0.05, 0) is 0 Å². The van der Waals surface area contributed by atoms with Gasteiger partial charge in [-0.25, -0.2) is 4.68 Å². The number of halogens is 1. The molecule has 1 aromatic rings. The van der Waals surface area contributed by atoms with Crippen LogP contribution in [0.15, 0.2) is 0 Å². The van der Waals surface area contributed by atoms with Crippen LogP contribution in [0.25, 0.3) is 0 Å². The Hall–Kier alpha value is -0.900. The largest absolute Gasteiger partial charge is 0.383 e. The summed E-state index contributed by atoms with van der Waals surface area (Å²) in [5, 5.41) is 4.61. The van der Waals surface area contributed by atoms with Gasteiger partial charge in [0.2, 0.25) is 0 Å². The van der Waals surface area contributed by atoms with Crippen molar-refractivity contribution in [3.8, 4) is 0 Å². The number of nitrogens with zero attached hydrogens (tertiary/aromatic N) is 3. The highest BCUT2D eigenvalue weighted by Crippen LogP contribution is 2.27. The van der Waals surface area contributed by atoms with E-state index < -0.39 is 0 Å². The molecule has 0 saturated heterocycles. The van der Waals surface area contributed by atoms with E-state index in [-0.39, 0.29) is 0 Å². The Morgan fingerprint density at radius 1 is 1.55 bits per heavy atom. The molecule has 0 aliphatic carbocycles. The molecule has 0 spiro atoms. The normalized spacial score (nSPS) is 10.2. The van der Waals surface area contributed by atoms with Crippen LogP contribution >= 0.6 is 11.6 Å². The minimum absolute atomic E-state index is 0.496. The van der Waals surface area contributed by atoms with Crippen molar-refractivity contribution in [3.05, 3.63) is 5.02 Å². The Morgan fingerprint density at radius 3 is 2.27 bits per heavy atom. The summed E-state index contributed by atoms with van der Waals surface area (Å²) in [6.45, 7) is 0. The summed E-state index contributed by atoms with van der Waals surface area (Å²) in [7, 11) is 5.50. The van der Waals surface area contributed by atoms with Gasteiger partial charge in [-0.15, -0.1) is 0 Å². The number of hydrogen-bond acceptors (Lipinski definition) is 3. The topological polar surface area (TPSA) is 47.1 Å². The molecule has 0 fully saturated rings. The molecule has 0 aliphatic heterocycles. The molecule has 62 valence electrons. The highest BCUT2D eigenvalue weighted by molar-refractivity contribution is 6.35. The molecular weight excluding hydrogens is 164 g/mol. The molecule has 4 nitrogen and oxygen atoms in total. The van der Waals surface area contributed by atoms with Crippen LogP contribution < -0.4 is 10.6 Å². The van der Waals surface area contributed by atoms with Gasteiger partial charge in [0.1, 0.15) is 10.8 Å². The summed E-state index contributed by atoms with van der Waals surface area (Å²) in [5.41, 5.74) is 5.58. The number of nitrogens with two attached hydrogens (primary N) is 1. The number of hydrogen-bond donors (Lipinski definition) is 1. The molecule has 11 heavy (non-hydrogen) atoms. The fraction of sp³-hybridized carbons (Fsp3) is 0.500. The quantitative estimate of drug-likeness (QED) is 0.683. The van der Waals surface area contributed by atoms with E-state index in [1.807, 2.05) is 19.0 Å². The first-order valence-corrected chi connectivity index (χ1v) is 3.57. The molecule has 0 unspecified atom stereocenters. The standard InChI is InChI=1S/C6H11ClN4/c1-10(2)6-4(7)5(8)11(3)9-6/h8H2,1-3H3. The zero-order valence-electron chi connectivity index (χ0n) is 6.80. The highest BCUT2D eigenvalue weighted by Gasteiger charge is 2.11. The van der Waals surface area contributed by atoms with E-state index in [2.05, 4.69) is 5.10 Å². The SMILES string of the molecule is CN(C)c1nn(C)c(N)c1Cl. The molecule has 0 saturated carbocycles. The lowest BCUT2D eigenvalue weighted by Crippen LogP contribution is -2.10. The maximum Gasteiger partial charge on any atom is 0.171 e. The minimum atomic E-state index is 0.496. The van der Waals surface area contributed by atoms with Crippen molar-refractivity contribution in [2.24, 2.45) is 7.05 Å². The number of aromatic nitrogens is 2. The molecule has 0 aliphatic rings. The van der Waals surface area contributed by atoms with Gasteiger partial charge < -0.3 is 10.6 Å². The molecule has 0 aromatic carbocycles. The van der Waals surface area contributed by atoms with Crippen LogP contribution in [-0.2, 0) is 7.05 Å². The molecule has 5 heteroatoms. The average Bonchev–Trinajstić information content (AvgIpc) is 2.17. The third-order valence-corrected chi connectivity index (χ3v) is 1.80. The van der Waals surface area contributed by atoms with Crippen molar-refractivity contribution in [1.82, 2.24) is 9.78 Å². The van der Waals surface area contributed by atoms with Crippen LogP contribution in [0.1, 0.15) is 0 Å². The van der Waals surface area contributed by atoms with Crippen LogP contribution in [0.5, 0.6) is 0 Å². The van der Waals surface area contributed by atoms with Crippen molar-refractivity contribution >= 4 is 23.2 Å². The van der Waals surface area contributed by atoms with E-state index >= 15 is 0 Å². The Morgan fingerprint density at radius 2 is 2.09 bits per heavy atom. The summed E-state index contributed by atoms with van der Waals surface area (Å²) >= 11 is 5.86. The van der Waals surface area contributed by atoms with Gasteiger partial charge in [-0.1, -0.05) is 11.6 Å². The van der Waals surface area contributed by atoms with Crippen LogP contribution in [0.3, 0.4) is 0 Å². The Labute approximate surface area is 70.5 Å². The van der Waals surface area contributed by atoms with E-state index in [1.54, 1.807) is 11.7 Å². The second-order valence-corrected chi connectivity index (χ2v) is 2.92. The Bertz CT molecular complexity index is 266. The zero-order chi connectivity index (χ0) is 8.59. The first kappa shape index (κ1) is 8.20. The van der Waals surface area contributed by atoms with Crippen molar-refractivity contribution in [2.75, 3.05) is 24.7 Å². The summed E-state index contributed by atoms with van der Waals surface area (Å²) < 4.78 is 1.55. The molecule has 1 aromatic heterocycles. The van der Waals surface area contributed by atoms with E-state index in [4.69, 9.17) is 17.3 Å². The average molecular weight is 175 g/mol.